The molecule has 2 aromatic rings. The SMILES string of the molecule is CC(C)(C)CC(C)(C)CC(C)(C)CC(C)(C)c1ccc(OCCOCC[N+](C)(C)Cc2ccccc2)cc1. The van der Waals surface area contributed by atoms with E-state index in [1.165, 1.54) is 24.0 Å². The summed E-state index contributed by atoms with van der Waals surface area (Å²) < 4.78 is 12.8. The fourth-order valence-electron chi connectivity index (χ4n) is 6.95. The topological polar surface area (TPSA) is 18.5 Å². The van der Waals surface area contributed by atoms with Crippen LogP contribution in [0.1, 0.15) is 92.7 Å². The molecule has 0 aliphatic carbocycles. The summed E-state index contributed by atoms with van der Waals surface area (Å²) in [6.07, 6.45) is 3.62. The molecular formula is C35H58NO2+. The molecule has 0 saturated heterocycles. The zero-order valence-electron chi connectivity index (χ0n) is 26.6. The van der Waals surface area contributed by atoms with Crippen LogP contribution in [-0.2, 0) is 16.7 Å². The minimum Gasteiger partial charge on any atom is -0.491 e. The van der Waals surface area contributed by atoms with E-state index in [9.17, 15) is 0 Å². The molecule has 0 N–H and O–H groups in total. The number of hydrogen-bond acceptors (Lipinski definition) is 2. The normalized spacial score (nSPS) is 13.6. The van der Waals surface area contributed by atoms with Gasteiger partial charge in [0.25, 0.3) is 0 Å². The predicted molar refractivity (Wildman–Crippen MR) is 164 cm³/mol. The maximum atomic E-state index is 5.98. The van der Waals surface area contributed by atoms with Crippen LogP contribution in [0.15, 0.2) is 54.6 Å². The van der Waals surface area contributed by atoms with Gasteiger partial charge in [0.1, 0.15) is 25.4 Å². The van der Waals surface area contributed by atoms with E-state index in [2.05, 4.69) is 131 Å². The molecule has 0 spiro atoms. The summed E-state index contributed by atoms with van der Waals surface area (Å²) >= 11 is 0. The second-order valence-electron chi connectivity index (χ2n) is 15.6. The van der Waals surface area contributed by atoms with E-state index in [0.29, 0.717) is 24.0 Å². The van der Waals surface area contributed by atoms with Gasteiger partial charge in [0.15, 0.2) is 0 Å². The first-order valence-electron chi connectivity index (χ1n) is 14.6. The van der Waals surface area contributed by atoms with Crippen LogP contribution in [0.25, 0.3) is 0 Å². The molecule has 0 saturated carbocycles. The van der Waals surface area contributed by atoms with Crippen molar-refractivity contribution in [2.24, 2.45) is 16.2 Å². The molecular weight excluding hydrogens is 466 g/mol. The lowest BCUT2D eigenvalue weighted by atomic mass is 9.63. The Morgan fingerprint density at radius 1 is 0.632 bits per heavy atom. The summed E-state index contributed by atoms with van der Waals surface area (Å²) in [5.74, 6) is 0.916. The van der Waals surface area contributed by atoms with Crippen molar-refractivity contribution in [3.8, 4) is 5.75 Å². The molecule has 2 aromatic carbocycles. The quantitative estimate of drug-likeness (QED) is 0.171. The van der Waals surface area contributed by atoms with Crippen LogP contribution in [0, 0.1) is 16.2 Å². The van der Waals surface area contributed by atoms with E-state index < -0.39 is 0 Å². The third-order valence-corrected chi connectivity index (χ3v) is 7.31. The monoisotopic (exact) mass is 524 g/mol. The van der Waals surface area contributed by atoms with Crippen LogP contribution >= 0.6 is 0 Å². The molecule has 0 heterocycles. The number of rotatable bonds is 15. The Hall–Kier alpha value is -1.84. The van der Waals surface area contributed by atoms with E-state index in [1.54, 1.807) is 0 Å². The largest absolute Gasteiger partial charge is 0.491 e. The maximum absolute atomic E-state index is 5.98. The number of benzene rings is 2. The molecule has 0 radical (unpaired) electrons. The number of ether oxygens (including phenoxy) is 2. The van der Waals surface area contributed by atoms with Crippen molar-refractivity contribution >= 4 is 0 Å². The summed E-state index contributed by atoms with van der Waals surface area (Å²) in [6.45, 7) is 25.5. The van der Waals surface area contributed by atoms with Gasteiger partial charge in [-0.15, -0.1) is 0 Å². The van der Waals surface area contributed by atoms with Gasteiger partial charge in [0.05, 0.1) is 27.3 Å². The lowest BCUT2D eigenvalue weighted by molar-refractivity contribution is -0.904. The summed E-state index contributed by atoms with van der Waals surface area (Å²) in [5.41, 5.74) is 3.79. The highest BCUT2D eigenvalue weighted by atomic mass is 16.5. The standard InChI is InChI=1S/C35H58NO2/c1-32(2,3)26-33(4,5)27-34(6,7)28-35(8,9)30-17-19-31(20-18-30)38-24-23-37-22-21-36(10,11)25-29-15-13-12-14-16-29/h12-20H,21-28H2,1-11H3/q+1. The van der Waals surface area contributed by atoms with Gasteiger partial charge < -0.3 is 14.0 Å². The molecule has 3 nitrogen and oxygen atoms in total. The van der Waals surface area contributed by atoms with Crippen molar-refractivity contribution in [3.05, 3.63) is 65.7 Å². The van der Waals surface area contributed by atoms with E-state index >= 15 is 0 Å². The first-order valence-corrected chi connectivity index (χ1v) is 14.6. The summed E-state index contributed by atoms with van der Waals surface area (Å²) in [4.78, 5) is 0. The molecule has 3 heteroatoms. The van der Waals surface area contributed by atoms with E-state index in [4.69, 9.17) is 9.47 Å². The number of likely N-dealkylation sites (N-methyl/N-ethyl adjacent to an activating group) is 1. The average molecular weight is 525 g/mol. The Morgan fingerprint density at radius 3 is 1.79 bits per heavy atom. The third-order valence-electron chi connectivity index (χ3n) is 7.31. The average Bonchev–Trinajstić information content (AvgIpc) is 2.73. The Balaban J connectivity index is 1.78. The Kier molecular flexibility index (Phi) is 11.1. The zero-order valence-corrected chi connectivity index (χ0v) is 26.6. The van der Waals surface area contributed by atoms with Crippen molar-refractivity contribution < 1.29 is 14.0 Å². The molecule has 0 aliphatic rings. The minimum atomic E-state index is 0.105. The highest BCUT2D eigenvalue weighted by molar-refractivity contribution is 5.32. The summed E-state index contributed by atoms with van der Waals surface area (Å²) in [6, 6.07) is 19.4. The van der Waals surface area contributed by atoms with Crippen molar-refractivity contribution in [1.82, 2.24) is 0 Å². The third kappa shape index (κ3) is 12.3. The lowest BCUT2D eigenvalue weighted by Gasteiger charge is -2.42. The number of quaternary nitrogens is 1. The van der Waals surface area contributed by atoms with Crippen molar-refractivity contribution in [2.75, 3.05) is 40.5 Å². The summed E-state index contributed by atoms with van der Waals surface area (Å²) in [5, 5.41) is 0. The molecule has 214 valence electrons. The first kappa shape index (κ1) is 32.4. The molecule has 2 rings (SSSR count). The van der Waals surface area contributed by atoms with Gasteiger partial charge in [-0.3, -0.25) is 0 Å². The fourth-order valence-corrected chi connectivity index (χ4v) is 6.95. The van der Waals surface area contributed by atoms with E-state index in [0.717, 1.165) is 36.3 Å². The second-order valence-corrected chi connectivity index (χ2v) is 15.6. The van der Waals surface area contributed by atoms with Crippen LogP contribution in [0.4, 0.5) is 0 Å². The zero-order chi connectivity index (χ0) is 28.7. The molecule has 0 aromatic heterocycles. The molecule has 0 atom stereocenters. The predicted octanol–water partition coefficient (Wildman–Crippen LogP) is 8.91. The lowest BCUT2D eigenvalue weighted by Crippen LogP contribution is -2.41. The molecule has 38 heavy (non-hydrogen) atoms. The van der Waals surface area contributed by atoms with Crippen molar-refractivity contribution in [1.29, 1.82) is 0 Å². The van der Waals surface area contributed by atoms with Gasteiger partial charge in [0, 0.05) is 5.56 Å². The molecule has 0 amide bonds. The van der Waals surface area contributed by atoms with Crippen LogP contribution in [0.2, 0.25) is 0 Å². The Labute approximate surface area is 235 Å². The number of hydrogen-bond donors (Lipinski definition) is 0. The van der Waals surface area contributed by atoms with Gasteiger partial charge >= 0.3 is 0 Å². The van der Waals surface area contributed by atoms with Gasteiger partial charge in [-0.2, -0.15) is 0 Å². The molecule has 0 aliphatic heterocycles. The Bertz CT molecular complexity index is 950. The van der Waals surface area contributed by atoms with Crippen LogP contribution in [0.3, 0.4) is 0 Å². The Morgan fingerprint density at radius 2 is 1.21 bits per heavy atom. The highest BCUT2D eigenvalue weighted by Gasteiger charge is 2.36. The van der Waals surface area contributed by atoms with Gasteiger partial charge in [-0.05, 0) is 58.6 Å². The van der Waals surface area contributed by atoms with Gasteiger partial charge in [-0.1, -0.05) is 105 Å². The van der Waals surface area contributed by atoms with Crippen molar-refractivity contribution in [2.45, 2.75) is 93.5 Å². The maximum Gasteiger partial charge on any atom is 0.119 e. The number of nitrogens with zero attached hydrogens (tertiary/aromatic N) is 1. The highest BCUT2D eigenvalue weighted by Crippen LogP contribution is 2.47. The van der Waals surface area contributed by atoms with Crippen LogP contribution in [-0.4, -0.2) is 44.9 Å². The summed E-state index contributed by atoms with van der Waals surface area (Å²) in [7, 11) is 4.51. The minimum absolute atomic E-state index is 0.105. The molecule has 0 bridgehead atoms. The van der Waals surface area contributed by atoms with Gasteiger partial charge in [-0.25, -0.2) is 0 Å². The van der Waals surface area contributed by atoms with E-state index in [-0.39, 0.29) is 10.8 Å². The van der Waals surface area contributed by atoms with Crippen LogP contribution < -0.4 is 4.74 Å². The first-order chi connectivity index (χ1) is 17.4. The molecule has 0 fully saturated rings. The van der Waals surface area contributed by atoms with Gasteiger partial charge in [0.2, 0.25) is 0 Å². The van der Waals surface area contributed by atoms with Crippen LogP contribution in [0.5, 0.6) is 5.75 Å². The van der Waals surface area contributed by atoms with E-state index in [1.807, 2.05) is 0 Å². The molecule has 0 unspecified atom stereocenters. The fraction of sp³-hybridized carbons (Fsp3) is 0.657. The second kappa shape index (κ2) is 13.0. The van der Waals surface area contributed by atoms with Crippen molar-refractivity contribution in [3.63, 3.8) is 0 Å². The smallest absolute Gasteiger partial charge is 0.119 e.